The smallest absolute Gasteiger partial charge is 0.292 e. The maximum absolute atomic E-state index is 11.1. The summed E-state index contributed by atoms with van der Waals surface area (Å²) in [7, 11) is 0. The van der Waals surface area contributed by atoms with Crippen LogP contribution in [0, 0.1) is 10.1 Å². The Morgan fingerprint density at radius 1 is 1.42 bits per heavy atom. The van der Waals surface area contributed by atoms with Gasteiger partial charge in [0.1, 0.15) is 5.69 Å². The number of primary amides is 1. The number of nitro groups is 1. The average Bonchev–Trinajstić information content (AvgIpc) is 2.88. The van der Waals surface area contributed by atoms with Crippen molar-refractivity contribution in [3.05, 3.63) is 56.3 Å². The number of rotatable bonds is 5. The summed E-state index contributed by atoms with van der Waals surface area (Å²) in [6.45, 7) is 0.451. The zero-order chi connectivity index (χ0) is 13.8. The van der Waals surface area contributed by atoms with Crippen molar-refractivity contribution < 1.29 is 9.72 Å². The predicted octanol–water partition coefficient (Wildman–Crippen LogP) is 2.37. The highest BCUT2D eigenvalue weighted by Crippen LogP contribution is 2.26. The lowest BCUT2D eigenvalue weighted by Crippen LogP contribution is -2.12. The van der Waals surface area contributed by atoms with E-state index in [0.29, 0.717) is 6.54 Å². The number of nitrogens with two attached hydrogens (primary N) is 1. The summed E-state index contributed by atoms with van der Waals surface area (Å²) in [6.07, 6.45) is 0. The minimum atomic E-state index is -0.617. The highest BCUT2D eigenvalue weighted by Gasteiger charge is 2.15. The van der Waals surface area contributed by atoms with Gasteiger partial charge in [-0.1, -0.05) is 0 Å². The quantitative estimate of drug-likeness (QED) is 0.647. The summed E-state index contributed by atoms with van der Waals surface area (Å²) >= 11 is 1.55. The monoisotopic (exact) mass is 277 g/mol. The molecule has 0 spiro atoms. The van der Waals surface area contributed by atoms with Crippen LogP contribution >= 0.6 is 11.3 Å². The predicted molar refractivity (Wildman–Crippen MR) is 73.3 cm³/mol. The summed E-state index contributed by atoms with van der Waals surface area (Å²) in [4.78, 5) is 21.5. The highest BCUT2D eigenvalue weighted by molar-refractivity contribution is 7.07. The Morgan fingerprint density at radius 2 is 2.21 bits per heavy atom. The molecular formula is C12H11N3O3S. The first-order valence-corrected chi connectivity index (χ1v) is 6.35. The van der Waals surface area contributed by atoms with Crippen LogP contribution < -0.4 is 11.1 Å². The third kappa shape index (κ3) is 3.08. The molecule has 0 aliphatic rings. The molecule has 98 valence electrons. The first kappa shape index (κ1) is 13.0. The number of thiophene rings is 1. The highest BCUT2D eigenvalue weighted by atomic mass is 32.1. The molecule has 1 aromatic heterocycles. The van der Waals surface area contributed by atoms with Crippen LogP contribution in [-0.4, -0.2) is 10.8 Å². The second-order valence-corrected chi connectivity index (χ2v) is 4.62. The second kappa shape index (κ2) is 5.49. The number of carbonyl (C=O) groups excluding carboxylic acids is 1. The minimum Gasteiger partial charge on any atom is -0.375 e. The van der Waals surface area contributed by atoms with Crippen LogP contribution in [0.5, 0.6) is 0 Å². The van der Waals surface area contributed by atoms with Crippen molar-refractivity contribution >= 4 is 28.6 Å². The Balaban J connectivity index is 2.27. The fraction of sp³-hybridized carbons (Fsp3) is 0.0833. The van der Waals surface area contributed by atoms with Gasteiger partial charge in [0.25, 0.3) is 5.69 Å². The van der Waals surface area contributed by atoms with E-state index >= 15 is 0 Å². The fourth-order valence-corrected chi connectivity index (χ4v) is 2.25. The molecule has 0 aliphatic heterocycles. The lowest BCUT2D eigenvalue weighted by Gasteiger charge is -2.07. The molecule has 19 heavy (non-hydrogen) atoms. The number of nitro benzene ring substituents is 1. The zero-order valence-corrected chi connectivity index (χ0v) is 10.6. The van der Waals surface area contributed by atoms with E-state index < -0.39 is 10.8 Å². The van der Waals surface area contributed by atoms with Gasteiger partial charge >= 0.3 is 0 Å². The van der Waals surface area contributed by atoms with Gasteiger partial charge in [0.05, 0.1) is 4.92 Å². The van der Waals surface area contributed by atoms with Gasteiger partial charge in [-0.05, 0) is 34.5 Å². The van der Waals surface area contributed by atoms with Crippen LogP contribution in [0.2, 0.25) is 0 Å². The SMILES string of the molecule is NC(=O)c1ccc([N+](=O)[O-])c(NCc2ccsc2)c1. The van der Waals surface area contributed by atoms with Gasteiger partial charge in [-0.3, -0.25) is 14.9 Å². The molecule has 0 unspecified atom stereocenters. The van der Waals surface area contributed by atoms with Crippen molar-refractivity contribution in [2.24, 2.45) is 5.73 Å². The number of nitrogens with zero attached hydrogens (tertiary/aromatic N) is 1. The molecule has 1 heterocycles. The van der Waals surface area contributed by atoms with Crippen molar-refractivity contribution in [2.45, 2.75) is 6.54 Å². The molecule has 2 rings (SSSR count). The molecule has 0 radical (unpaired) electrons. The summed E-state index contributed by atoms with van der Waals surface area (Å²) in [6, 6.07) is 5.93. The van der Waals surface area contributed by atoms with E-state index in [2.05, 4.69) is 5.32 Å². The molecule has 0 fully saturated rings. The van der Waals surface area contributed by atoms with Crippen LogP contribution in [0.4, 0.5) is 11.4 Å². The van der Waals surface area contributed by atoms with E-state index in [1.54, 1.807) is 11.3 Å². The summed E-state index contributed by atoms with van der Waals surface area (Å²) in [5.41, 5.74) is 6.62. The molecule has 6 nitrogen and oxygen atoms in total. The third-order valence-corrected chi connectivity index (χ3v) is 3.27. The minimum absolute atomic E-state index is 0.0831. The summed E-state index contributed by atoms with van der Waals surface area (Å²) in [5.74, 6) is -0.617. The van der Waals surface area contributed by atoms with Gasteiger partial charge in [0, 0.05) is 18.2 Å². The molecule has 0 bridgehead atoms. The average molecular weight is 277 g/mol. The molecular weight excluding hydrogens is 266 g/mol. The molecule has 0 saturated carbocycles. The van der Waals surface area contributed by atoms with Crippen LogP contribution in [0.25, 0.3) is 0 Å². The number of hydrogen-bond acceptors (Lipinski definition) is 5. The van der Waals surface area contributed by atoms with Crippen LogP contribution in [-0.2, 0) is 6.54 Å². The van der Waals surface area contributed by atoms with E-state index in [9.17, 15) is 14.9 Å². The number of nitrogens with one attached hydrogen (secondary N) is 1. The number of benzene rings is 1. The maximum Gasteiger partial charge on any atom is 0.292 e. The summed E-state index contributed by atoms with van der Waals surface area (Å²) < 4.78 is 0. The van der Waals surface area contributed by atoms with Crippen molar-refractivity contribution in [2.75, 3.05) is 5.32 Å². The molecule has 0 atom stereocenters. The topological polar surface area (TPSA) is 98.3 Å². The first-order valence-electron chi connectivity index (χ1n) is 5.41. The Kier molecular flexibility index (Phi) is 3.76. The van der Waals surface area contributed by atoms with E-state index in [1.807, 2.05) is 16.8 Å². The van der Waals surface area contributed by atoms with Crippen molar-refractivity contribution in [1.29, 1.82) is 0 Å². The van der Waals surface area contributed by atoms with Crippen LogP contribution in [0.1, 0.15) is 15.9 Å². The Bertz CT molecular complexity index is 611. The van der Waals surface area contributed by atoms with Crippen molar-refractivity contribution in [3.63, 3.8) is 0 Å². The molecule has 1 amide bonds. The van der Waals surface area contributed by atoms with Gasteiger partial charge in [-0.15, -0.1) is 0 Å². The van der Waals surface area contributed by atoms with Gasteiger partial charge in [0.15, 0.2) is 0 Å². The Hall–Kier alpha value is -2.41. The molecule has 7 heteroatoms. The van der Waals surface area contributed by atoms with Gasteiger partial charge in [-0.2, -0.15) is 11.3 Å². The van der Waals surface area contributed by atoms with Crippen LogP contribution in [0.3, 0.4) is 0 Å². The lowest BCUT2D eigenvalue weighted by molar-refractivity contribution is -0.384. The maximum atomic E-state index is 11.1. The van der Waals surface area contributed by atoms with E-state index in [0.717, 1.165) is 5.56 Å². The molecule has 2 aromatic rings. The third-order valence-electron chi connectivity index (χ3n) is 2.54. The van der Waals surface area contributed by atoms with Gasteiger partial charge in [0.2, 0.25) is 5.91 Å². The second-order valence-electron chi connectivity index (χ2n) is 3.84. The van der Waals surface area contributed by atoms with E-state index in [1.165, 1.54) is 18.2 Å². The normalized spacial score (nSPS) is 10.1. The molecule has 3 N–H and O–H groups in total. The van der Waals surface area contributed by atoms with Crippen molar-refractivity contribution in [1.82, 2.24) is 0 Å². The molecule has 0 aliphatic carbocycles. The number of anilines is 1. The van der Waals surface area contributed by atoms with Crippen LogP contribution in [0.15, 0.2) is 35.0 Å². The molecule has 0 saturated heterocycles. The largest absolute Gasteiger partial charge is 0.375 e. The Morgan fingerprint density at radius 3 is 2.79 bits per heavy atom. The molecule has 1 aromatic carbocycles. The first-order chi connectivity index (χ1) is 9.08. The standard InChI is InChI=1S/C12H11N3O3S/c13-12(16)9-1-2-11(15(17)18)10(5-9)14-6-8-3-4-19-7-8/h1-5,7,14H,6H2,(H2,13,16). The number of amides is 1. The zero-order valence-electron chi connectivity index (χ0n) is 9.83. The van der Waals surface area contributed by atoms with E-state index in [-0.39, 0.29) is 16.9 Å². The van der Waals surface area contributed by atoms with Gasteiger partial charge < -0.3 is 11.1 Å². The lowest BCUT2D eigenvalue weighted by atomic mass is 10.1. The number of carbonyl (C=O) groups is 1. The fourth-order valence-electron chi connectivity index (χ4n) is 1.58. The van der Waals surface area contributed by atoms with E-state index in [4.69, 9.17) is 5.73 Å². The Labute approximate surface area is 113 Å². The van der Waals surface area contributed by atoms with Crippen molar-refractivity contribution in [3.8, 4) is 0 Å². The van der Waals surface area contributed by atoms with Gasteiger partial charge in [-0.25, -0.2) is 0 Å². The summed E-state index contributed by atoms with van der Waals surface area (Å²) in [5, 5.41) is 17.7. The number of hydrogen-bond donors (Lipinski definition) is 2.